The van der Waals surface area contributed by atoms with E-state index in [9.17, 15) is 0 Å². The van der Waals surface area contributed by atoms with Gasteiger partial charge >= 0.3 is 0 Å². The molecule has 25 heavy (non-hydrogen) atoms. The van der Waals surface area contributed by atoms with E-state index in [1.54, 1.807) is 7.11 Å². The van der Waals surface area contributed by atoms with Crippen molar-refractivity contribution in [1.29, 1.82) is 0 Å². The van der Waals surface area contributed by atoms with Crippen LogP contribution in [0.2, 0.25) is 0 Å². The van der Waals surface area contributed by atoms with Crippen molar-refractivity contribution in [1.82, 2.24) is 15.2 Å². The highest BCUT2D eigenvalue weighted by molar-refractivity contribution is 5.85. The zero-order chi connectivity index (χ0) is 16.4. The molecular weight excluding hydrogens is 342 g/mol. The molecule has 0 saturated carbocycles. The molecule has 2 aliphatic heterocycles. The number of hydrogen-bond donors (Lipinski definition) is 1. The molecule has 2 aromatic rings. The maximum absolute atomic E-state index is 5.54. The summed E-state index contributed by atoms with van der Waals surface area (Å²) >= 11 is 0. The third kappa shape index (κ3) is 3.66. The van der Waals surface area contributed by atoms with Gasteiger partial charge in [-0.15, -0.1) is 12.4 Å². The van der Waals surface area contributed by atoms with E-state index in [1.807, 2.05) is 30.6 Å². The van der Waals surface area contributed by atoms with Crippen LogP contribution in [0.15, 0.2) is 36.7 Å². The molecule has 0 bridgehead atoms. The van der Waals surface area contributed by atoms with Gasteiger partial charge in [0, 0.05) is 44.6 Å². The highest BCUT2D eigenvalue weighted by atomic mass is 35.5. The number of piperazine rings is 1. The molecule has 1 aromatic carbocycles. The Balaban J connectivity index is 0.00000182. The van der Waals surface area contributed by atoms with Crippen molar-refractivity contribution < 1.29 is 14.2 Å². The fourth-order valence-corrected chi connectivity index (χ4v) is 3.35. The molecule has 1 aromatic heterocycles. The SMILES string of the molecule is COc1cc(CN2CCNCC2c2cccnc2)cc2c1OCO2.Cl. The molecule has 1 fully saturated rings. The average Bonchev–Trinajstić information content (AvgIpc) is 3.11. The van der Waals surface area contributed by atoms with Gasteiger partial charge in [-0.05, 0) is 29.3 Å². The lowest BCUT2D eigenvalue weighted by Crippen LogP contribution is -2.45. The van der Waals surface area contributed by atoms with E-state index in [0.717, 1.165) is 43.2 Å². The first kappa shape index (κ1) is 17.8. The molecule has 0 spiro atoms. The van der Waals surface area contributed by atoms with Crippen LogP contribution in [0.3, 0.4) is 0 Å². The molecule has 134 valence electrons. The van der Waals surface area contributed by atoms with Crippen molar-refractivity contribution in [2.24, 2.45) is 0 Å². The first-order valence-corrected chi connectivity index (χ1v) is 8.16. The normalized spacial score (nSPS) is 19.3. The summed E-state index contributed by atoms with van der Waals surface area (Å²) in [5, 5.41) is 3.47. The van der Waals surface area contributed by atoms with Crippen LogP contribution in [0.25, 0.3) is 0 Å². The second kappa shape index (κ2) is 7.91. The summed E-state index contributed by atoms with van der Waals surface area (Å²) in [5.41, 5.74) is 2.39. The van der Waals surface area contributed by atoms with Gasteiger partial charge in [-0.1, -0.05) is 6.07 Å². The number of nitrogens with one attached hydrogen (secondary N) is 1. The number of rotatable bonds is 4. The number of aromatic nitrogens is 1. The summed E-state index contributed by atoms with van der Waals surface area (Å²) in [6.45, 7) is 3.97. The quantitative estimate of drug-likeness (QED) is 0.900. The Hall–Kier alpha value is -2.02. The smallest absolute Gasteiger partial charge is 0.231 e. The number of ether oxygens (including phenoxy) is 3. The molecule has 2 aliphatic rings. The number of methoxy groups -OCH3 is 1. The van der Waals surface area contributed by atoms with E-state index in [0.29, 0.717) is 11.8 Å². The van der Waals surface area contributed by atoms with Gasteiger partial charge in [0.05, 0.1) is 7.11 Å². The van der Waals surface area contributed by atoms with Crippen LogP contribution in [-0.2, 0) is 6.54 Å². The van der Waals surface area contributed by atoms with Crippen molar-refractivity contribution >= 4 is 12.4 Å². The van der Waals surface area contributed by atoms with E-state index in [-0.39, 0.29) is 19.2 Å². The van der Waals surface area contributed by atoms with Crippen LogP contribution in [0, 0.1) is 0 Å². The Morgan fingerprint density at radius 1 is 1.36 bits per heavy atom. The molecule has 0 amide bonds. The minimum atomic E-state index is 0. The highest BCUT2D eigenvalue weighted by Gasteiger charge is 2.26. The third-order valence-electron chi connectivity index (χ3n) is 4.53. The summed E-state index contributed by atoms with van der Waals surface area (Å²) in [6.07, 6.45) is 3.76. The second-order valence-electron chi connectivity index (χ2n) is 6.01. The molecule has 3 heterocycles. The van der Waals surface area contributed by atoms with E-state index >= 15 is 0 Å². The van der Waals surface area contributed by atoms with Gasteiger partial charge in [-0.3, -0.25) is 9.88 Å². The van der Waals surface area contributed by atoms with Gasteiger partial charge in [0.15, 0.2) is 11.5 Å². The van der Waals surface area contributed by atoms with Gasteiger partial charge in [0.2, 0.25) is 12.5 Å². The van der Waals surface area contributed by atoms with Gasteiger partial charge in [-0.25, -0.2) is 0 Å². The molecule has 6 nitrogen and oxygen atoms in total. The van der Waals surface area contributed by atoms with Gasteiger partial charge < -0.3 is 19.5 Å². The van der Waals surface area contributed by atoms with Gasteiger partial charge in [0.25, 0.3) is 0 Å². The monoisotopic (exact) mass is 363 g/mol. The van der Waals surface area contributed by atoms with Crippen LogP contribution in [0.5, 0.6) is 17.2 Å². The molecule has 0 aliphatic carbocycles. The molecule has 0 radical (unpaired) electrons. The maximum Gasteiger partial charge on any atom is 0.231 e. The zero-order valence-electron chi connectivity index (χ0n) is 14.1. The number of pyridine rings is 1. The van der Waals surface area contributed by atoms with Crippen LogP contribution >= 0.6 is 12.4 Å². The van der Waals surface area contributed by atoms with E-state index in [2.05, 4.69) is 21.3 Å². The molecule has 1 saturated heterocycles. The first-order valence-electron chi connectivity index (χ1n) is 8.16. The average molecular weight is 364 g/mol. The summed E-state index contributed by atoms with van der Waals surface area (Å²) in [7, 11) is 1.66. The summed E-state index contributed by atoms with van der Waals surface area (Å²) in [6, 6.07) is 8.52. The van der Waals surface area contributed by atoms with Crippen molar-refractivity contribution in [3.63, 3.8) is 0 Å². The van der Waals surface area contributed by atoms with E-state index in [4.69, 9.17) is 14.2 Å². The molecule has 1 atom stereocenters. The van der Waals surface area contributed by atoms with E-state index < -0.39 is 0 Å². The van der Waals surface area contributed by atoms with Crippen LogP contribution in [0.1, 0.15) is 17.2 Å². The van der Waals surface area contributed by atoms with Crippen LogP contribution < -0.4 is 19.5 Å². The lowest BCUT2D eigenvalue weighted by Gasteiger charge is -2.36. The predicted molar refractivity (Wildman–Crippen MR) is 96.6 cm³/mol. The van der Waals surface area contributed by atoms with Crippen LogP contribution in [-0.4, -0.2) is 43.4 Å². The minimum absolute atomic E-state index is 0. The number of fused-ring (bicyclic) bond motifs is 1. The van der Waals surface area contributed by atoms with Crippen molar-refractivity contribution in [2.75, 3.05) is 33.5 Å². The lowest BCUT2D eigenvalue weighted by atomic mass is 10.0. The molecule has 1 N–H and O–H groups in total. The third-order valence-corrected chi connectivity index (χ3v) is 4.53. The molecular formula is C18H22ClN3O3. The van der Waals surface area contributed by atoms with Gasteiger partial charge in [0.1, 0.15) is 0 Å². The highest BCUT2D eigenvalue weighted by Crippen LogP contribution is 2.42. The summed E-state index contributed by atoms with van der Waals surface area (Å²) in [5.74, 6) is 2.19. The second-order valence-corrected chi connectivity index (χ2v) is 6.01. The van der Waals surface area contributed by atoms with Crippen molar-refractivity contribution in [3.8, 4) is 17.2 Å². The predicted octanol–water partition coefficient (Wildman–Crippen LogP) is 2.39. The number of hydrogen-bond acceptors (Lipinski definition) is 6. The largest absolute Gasteiger partial charge is 0.493 e. The first-order chi connectivity index (χ1) is 11.8. The lowest BCUT2D eigenvalue weighted by molar-refractivity contribution is 0.153. The van der Waals surface area contributed by atoms with Crippen molar-refractivity contribution in [3.05, 3.63) is 47.8 Å². The standard InChI is InChI=1S/C18H21N3O3.ClH/c1-22-16-7-13(8-17-18(16)24-12-23-17)11-21-6-5-20-10-15(21)14-3-2-4-19-9-14;/h2-4,7-9,15,20H,5-6,10-12H2,1H3;1H. The number of benzene rings is 1. The Morgan fingerprint density at radius 2 is 2.28 bits per heavy atom. The molecule has 7 heteroatoms. The topological polar surface area (TPSA) is 55.9 Å². The van der Waals surface area contributed by atoms with E-state index in [1.165, 1.54) is 5.56 Å². The Morgan fingerprint density at radius 3 is 3.08 bits per heavy atom. The number of halogens is 1. The maximum atomic E-state index is 5.54. The Kier molecular flexibility index (Phi) is 5.63. The Labute approximate surface area is 153 Å². The zero-order valence-corrected chi connectivity index (χ0v) is 14.9. The van der Waals surface area contributed by atoms with Crippen molar-refractivity contribution in [2.45, 2.75) is 12.6 Å². The fraction of sp³-hybridized carbons (Fsp3) is 0.389. The molecule has 4 rings (SSSR count). The fourth-order valence-electron chi connectivity index (χ4n) is 3.35. The van der Waals surface area contributed by atoms with Crippen LogP contribution in [0.4, 0.5) is 0 Å². The summed E-state index contributed by atoms with van der Waals surface area (Å²) < 4.78 is 16.5. The Bertz CT molecular complexity index is 714. The molecule has 1 unspecified atom stereocenters. The van der Waals surface area contributed by atoms with Gasteiger partial charge in [-0.2, -0.15) is 0 Å². The number of nitrogens with zero attached hydrogens (tertiary/aromatic N) is 2. The summed E-state index contributed by atoms with van der Waals surface area (Å²) in [4.78, 5) is 6.73. The minimum Gasteiger partial charge on any atom is -0.493 e.